The van der Waals surface area contributed by atoms with Gasteiger partial charge >= 0.3 is 0 Å². The van der Waals surface area contributed by atoms with Crippen molar-refractivity contribution >= 4 is 17.1 Å². The number of rotatable bonds is 3. The van der Waals surface area contributed by atoms with Crippen molar-refractivity contribution < 1.29 is 8.78 Å². The van der Waals surface area contributed by atoms with Gasteiger partial charge in [0.05, 0.1) is 0 Å². The second kappa shape index (κ2) is 3.39. The fourth-order valence-electron chi connectivity index (χ4n) is 0.827. The van der Waals surface area contributed by atoms with E-state index in [2.05, 4.69) is 0 Å². The van der Waals surface area contributed by atoms with E-state index in [1.54, 1.807) is 17.1 Å². The van der Waals surface area contributed by atoms with Gasteiger partial charge in [0.1, 0.15) is 7.85 Å². The summed E-state index contributed by atoms with van der Waals surface area (Å²) in [6, 6.07) is 0. The molecule has 4 heteroatoms. The minimum atomic E-state index is -2.64. The van der Waals surface area contributed by atoms with Crippen molar-refractivity contribution in [1.82, 2.24) is 0 Å². The van der Waals surface area contributed by atoms with Gasteiger partial charge in [-0.15, -0.1) is 0 Å². The first kappa shape index (κ1) is 11.4. The number of alkyl halides is 2. The number of hydrogen-bond donors (Lipinski definition) is 0. The third-order valence-electron chi connectivity index (χ3n) is 2.66. The predicted octanol–water partition coefficient (Wildman–Crippen LogP) is 2.31. The zero-order chi connectivity index (χ0) is 9.28. The van der Waals surface area contributed by atoms with Crippen molar-refractivity contribution in [3.05, 3.63) is 0 Å². The van der Waals surface area contributed by atoms with Gasteiger partial charge in [0, 0.05) is 5.82 Å². The van der Waals surface area contributed by atoms with Crippen molar-refractivity contribution in [3.63, 3.8) is 0 Å². The summed E-state index contributed by atoms with van der Waals surface area (Å²) in [4.78, 5) is 0. The van der Waals surface area contributed by atoms with Gasteiger partial charge in [-0.3, -0.25) is 0 Å². The normalized spacial score (nSPS) is 16.5. The van der Waals surface area contributed by atoms with Gasteiger partial charge in [-0.2, -0.15) is 0 Å². The van der Waals surface area contributed by atoms with E-state index in [-0.39, 0.29) is 5.41 Å². The van der Waals surface area contributed by atoms with Crippen LogP contribution in [0.5, 0.6) is 0 Å². The summed E-state index contributed by atoms with van der Waals surface area (Å²) < 4.78 is 25.5. The Morgan fingerprint density at radius 1 is 1.45 bits per heavy atom. The Balaban J connectivity index is 4.35. The molecule has 2 atom stereocenters. The van der Waals surface area contributed by atoms with Gasteiger partial charge in [0.2, 0.25) is 0 Å². The fourth-order valence-corrected chi connectivity index (χ4v) is 1.28. The Labute approximate surface area is 70.7 Å². The van der Waals surface area contributed by atoms with Crippen molar-refractivity contribution in [2.45, 2.75) is 38.7 Å². The Kier molecular flexibility index (Phi) is 3.50. The minimum absolute atomic E-state index is 0.286. The molecule has 0 aromatic rings. The van der Waals surface area contributed by atoms with Crippen LogP contribution in [0.2, 0.25) is 5.82 Å². The van der Waals surface area contributed by atoms with Gasteiger partial charge < -0.3 is 0 Å². The van der Waals surface area contributed by atoms with Gasteiger partial charge in [0.15, 0.2) is 0 Å². The molecule has 0 radical (unpaired) electrons. The molecule has 0 aromatic heterocycles. The summed E-state index contributed by atoms with van der Waals surface area (Å²) in [5, 5.41) is 0. The highest BCUT2D eigenvalue weighted by molar-refractivity contribution is 7.18. The van der Waals surface area contributed by atoms with Crippen molar-refractivity contribution in [2.24, 2.45) is 5.41 Å². The second-order valence-electron chi connectivity index (χ2n) is 3.74. The zero-order valence-corrected chi connectivity index (χ0v) is 8.77. The minimum Gasteiger partial charge on any atom is -0.203 e. The van der Waals surface area contributed by atoms with Crippen molar-refractivity contribution in [3.8, 4) is 0 Å². The third kappa shape index (κ3) is 3.07. The van der Waals surface area contributed by atoms with Gasteiger partial charge in [-0.05, 0) is 5.41 Å². The van der Waals surface area contributed by atoms with Crippen LogP contribution in [0.3, 0.4) is 0 Å². The quantitative estimate of drug-likeness (QED) is 0.461. The molecule has 0 N–H and O–H groups in total. The Bertz CT molecular complexity index is 131. The molecule has 0 aliphatic rings. The molecule has 0 amide bonds. The molecule has 0 saturated heterocycles. The van der Waals surface area contributed by atoms with E-state index < -0.39 is 11.5 Å². The van der Waals surface area contributed by atoms with E-state index in [9.17, 15) is 8.78 Å². The summed E-state index contributed by atoms with van der Waals surface area (Å²) in [5.41, 5.74) is -2.93. The average molecular weight is 180 g/mol. The van der Waals surface area contributed by atoms with Crippen LogP contribution < -0.4 is 0 Å². The Hall–Kier alpha value is 0.355. The lowest BCUT2D eigenvalue weighted by atomic mass is 9.66. The SMILES string of the molecule is BC(C(F)(F)P)C(C)(C)CC. The van der Waals surface area contributed by atoms with Crippen LogP contribution in [-0.2, 0) is 0 Å². The maximum Gasteiger partial charge on any atom is 0.255 e. The monoisotopic (exact) mass is 180 g/mol. The lowest BCUT2D eigenvalue weighted by molar-refractivity contribution is 0.0506. The molecule has 0 aliphatic carbocycles. The zero-order valence-electron chi connectivity index (χ0n) is 7.62. The Morgan fingerprint density at radius 2 is 1.82 bits per heavy atom. The molecule has 0 rings (SSSR count). The number of hydrogen-bond acceptors (Lipinski definition) is 0. The van der Waals surface area contributed by atoms with Gasteiger partial charge in [-0.1, -0.05) is 36.4 Å². The predicted molar refractivity (Wildman–Crippen MR) is 51.0 cm³/mol. The molecule has 0 heterocycles. The molecule has 2 unspecified atom stereocenters. The van der Waals surface area contributed by atoms with Crippen LogP contribution in [0.25, 0.3) is 0 Å². The van der Waals surface area contributed by atoms with Crippen molar-refractivity contribution in [1.29, 1.82) is 0 Å². The first-order valence-electron chi connectivity index (χ1n) is 3.88. The summed E-state index contributed by atoms with van der Waals surface area (Å²) in [6.45, 7) is 5.68. The average Bonchev–Trinajstić information content (AvgIpc) is 1.84. The van der Waals surface area contributed by atoms with Crippen LogP contribution in [0.4, 0.5) is 8.78 Å². The highest BCUT2D eigenvalue weighted by Gasteiger charge is 2.39. The topological polar surface area (TPSA) is 0 Å². The van der Waals surface area contributed by atoms with E-state index in [1.807, 2.05) is 20.8 Å². The van der Waals surface area contributed by atoms with Crippen LogP contribution in [0.1, 0.15) is 27.2 Å². The van der Waals surface area contributed by atoms with Crippen LogP contribution in [0.15, 0.2) is 0 Å². The van der Waals surface area contributed by atoms with E-state index >= 15 is 0 Å². The van der Waals surface area contributed by atoms with Crippen LogP contribution in [-0.4, -0.2) is 13.5 Å². The van der Waals surface area contributed by atoms with Gasteiger partial charge in [0.25, 0.3) is 5.66 Å². The van der Waals surface area contributed by atoms with Crippen LogP contribution in [0, 0.1) is 5.41 Å². The first-order valence-corrected chi connectivity index (χ1v) is 4.46. The van der Waals surface area contributed by atoms with Crippen molar-refractivity contribution in [2.75, 3.05) is 0 Å². The van der Waals surface area contributed by atoms with E-state index in [1.165, 1.54) is 0 Å². The summed E-state index contributed by atoms with van der Waals surface area (Å²) in [7, 11) is 3.21. The number of halogens is 2. The highest BCUT2D eigenvalue weighted by atomic mass is 31.0. The van der Waals surface area contributed by atoms with E-state index in [0.29, 0.717) is 0 Å². The molecule has 0 bridgehead atoms. The standard InChI is InChI=1S/C7H16BF2P/c1-4-6(2,3)5(8)7(9,10)11/h5H,4,8,11H2,1-3H3. The smallest absolute Gasteiger partial charge is 0.203 e. The third-order valence-corrected chi connectivity index (χ3v) is 3.16. The maximum absolute atomic E-state index is 12.8. The molecule has 11 heavy (non-hydrogen) atoms. The second-order valence-corrected chi connectivity index (χ2v) is 4.51. The lowest BCUT2D eigenvalue weighted by Gasteiger charge is -2.34. The molecule has 0 nitrogen and oxygen atoms in total. The highest BCUT2D eigenvalue weighted by Crippen LogP contribution is 2.46. The maximum atomic E-state index is 12.8. The molecule has 0 aromatic carbocycles. The molecule has 0 spiro atoms. The van der Waals surface area contributed by atoms with Gasteiger partial charge in [-0.25, -0.2) is 8.78 Å². The first-order chi connectivity index (χ1) is 4.72. The molecule has 66 valence electrons. The van der Waals surface area contributed by atoms with E-state index in [0.717, 1.165) is 6.42 Å². The fraction of sp³-hybridized carbons (Fsp3) is 1.00. The molecule has 0 fully saturated rings. The summed E-state index contributed by atoms with van der Waals surface area (Å²) in [5.74, 6) is -0.593. The lowest BCUT2D eigenvalue weighted by Crippen LogP contribution is -2.29. The molecule has 0 saturated carbocycles. The molecule has 0 aliphatic heterocycles. The molecular formula is C7H16BF2P. The Morgan fingerprint density at radius 3 is 1.91 bits per heavy atom. The van der Waals surface area contributed by atoms with E-state index in [4.69, 9.17) is 0 Å². The van der Waals surface area contributed by atoms with Crippen LogP contribution >= 0.6 is 9.24 Å². The molecular weight excluding hydrogens is 164 g/mol. The summed E-state index contributed by atoms with van der Waals surface area (Å²) >= 11 is 0. The summed E-state index contributed by atoms with van der Waals surface area (Å²) in [6.07, 6.45) is 0.776. The largest absolute Gasteiger partial charge is 0.255 e.